The Kier molecular flexibility index (Phi) is 3.47. The third-order valence-corrected chi connectivity index (χ3v) is 6.83. The molecule has 3 saturated carbocycles. The minimum absolute atomic E-state index is 0.124. The molecule has 2 bridgehead atoms. The van der Waals surface area contributed by atoms with E-state index in [1.54, 1.807) is 12.1 Å². The maximum absolute atomic E-state index is 9.63. The zero-order chi connectivity index (χ0) is 17.3. The largest absolute Gasteiger partial charge is 0.504 e. The minimum atomic E-state index is -0.425. The minimum Gasteiger partial charge on any atom is -0.504 e. The van der Waals surface area contributed by atoms with E-state index >= 15 is 0 Å². The van der Waals surface area contributed by atoms with E-state index < -0.39 is 7.12 Å². The number of hydrogen-bond donors (Lipinski definition) is 3. The first-order valence-electron chi connectivity index (χ1n) is 8.81. The molecule has 1 unspecified atom stereocenters. The topological polar surface area (TPSA) is 84.9 Å². The first-order valence-corrected chi connectivity index (χ1v) is 8.81. The molecule has 4 fully saturated rings. The number of rotatable bonds is 3. The Morgan fingerprint density at radius 3 is 2.67 bits per heavy atom. The summed E-state index contributed by atoms with van der Waals surface area (Å²) in [5.74, 6) is 0.672. The molecule has 24 heavy (non-hydrogen) atoms. The Labute approximate surface area is 143 Å². The molecular formula is C18H26BNO4. The van der Waals surface area contributed by atoms with E-state index in [1.165, 1.54) is 12.5 Å². The van der Waals surface area contributed by atoms with E-state index in [9.17, 15) is 10.2 Å². The second-order valence-electron chi connectivity index (χ2n) is 8.53. The molecule has 1 aromatic rings. The first-order chi connectivity index (χ1) is 11.2. The van der Waals surface area contributed by atoms with Gasteiger partial charge >= 0.3 is 7.12 Å². The normalized spacial score (nSPS) is 37.7. The summed E-state index contributed by atoms with van der Waals surface area (Å²) < 4.78 is 12.6. The van der Waals surface area contributed by atoms with Crippen molar-refractivity contribution in [3.05, 3.63) is 23.8 Å². The van der Waals surface area contributed by atoms with Gasteiger partial charge in [0.25, 0.3) is 0 Å². The molecule has 6 heteroatoms. The lowest BCUT2D eigenvalue weighted by Crippen LogP contribution is -2.65. The number of phenolic OH excluding ortho intramolecular Hbond substituents is 2. The van der Waals surface area contributed by atoms with Gasteiger partial charge in [-0.25, -0.2) is 0 Å². The third-order valence-electron chi connectivity index (χ3n) is 6.83. The smallest absolute Gasteiger partial charge is 0.475 e. The molecular weight excluding hydrogens is 305 g/mol. The summed E-state index contributed by atoms with van der Waals surface area (Å²) in [4.78, 5) is 0. The summed E-state index contributed by atoms with van der Waals surface area (Å²) in [6.45, 7) is 6.85. The van der Waals surface area contributed by atoms with Gasteiger partial charge < -0.3 is 25.3 Å². The average Bonchev–Trinajstić information content (AvgIpc) is 2.87. The molecule has 0 spiro atoms. The lowest BCUT2D eigenvalue weighted by Gasteiger charge is -2.64. The van der Waals surface area contributed by atoms with Gasteiger partial charge in [0.15, 0.2) is 11.5 Å². The van der Waals surface area contributed by atoms with Crippen LogP contribution in [0.1, 0.15) is 39.2 Å². The van der Waals surface area contributed by atoms with Crippen molar-refractivity contribution >= 4 is 7.12 Å². The van der Waals surface area contributed by atoms with Gasteiger partial charge in [-0.3, -0.25) is 0 Å². The Morgan fingerprint density at radius 2 is 2.00 bits per heavy atom. The summed E-state index contributed by atoms with van der Waals surface area (Å²) in [5, 5.41) is 19.0. The van der Waals surface area contributed by atoms with Gasteiger partial charge in [-0.15, -0.1) is 0 Å². The van der Waals surface area contributed by atoms with Crippen molar-refractivity contribution in [1.29, 1.82) is 0 Å². The van der Waals surface area contributed by atoms with E-state index in [-0.39, 0.29) is 29.1 Å². The highest BCUT2D eigenvalue weighted by atomic mass is 16.7. The van der Waals surface area contributed by atoms with Crippen LogP contribution in [0.15, 0.2) is 18.2 Å². The zero-order valence-corrected chi connectivity index (χ0v) is 14.5. The molecule has 0 aromatic heterocycles. The van der Waals surface area contributed by atoms with E-state index in [0.29, 0.717) is 23.7 Å². The maximum atomic E-state index is 9.63. The van der Waals surface area contributed by atoms with Gasteiger partial charge in [0.05, 0.1) is 11.7 Å². The highest BCUT2D eigenvalue weighted by molar-refractivity contribution is 6.47. The fourth-order valence-corrected chi connectivity index (χ4v) is 5.15. The molecule has 1 heterocycles. The van der Waals surface area contributed by atoms with Crippen LogP contribution in [-0.2, 0) is 15.7 Å². The molecule has 5 rings (SSSR count). The molecule has 1 aromatic carbocycles. The highest BCUT2D eigenvalue weighted by Gasteiger charge is 2.68. The second-order valence-corrected chi connectivity index (χ2v) is 8.53. The third kappa shape index (κ3) is 2.20. The summed E-state index contributed by atoms with van der Waals surface area (Å²) in [6, 6.07) is 4.78. The number of benzene rings is 1. The van der Waals surface area contributed by atoms with E-state index in [1.807, 2.05) is 0 Å². The number of hydrogen-bond acceptors (Lipinski definition) is 5. The Bertz CT molecular complexity index is 666. The van der Waals surface area contributed by atoms with Gasteiger partial charge in [-0.2, -0.15) is 0 Å². The van der Waals surface area contributed by atoms with Gasteiger partial charge in [0, 0.05) is 5.94 Å². The predicted molar refractivity (Wildman–Crippen MR) is 91.6 cm³/mol. The lowest BCUT2D eigenvalue weighted by molar-refractivity contribution is -0.199. The quantitative estimate of drug-likeness (QED) is 0.584. The number of aromatic hydroxyl groups is 2. The number of phenols is 2. The van der Waals surface area contributed by atoms with Crippen LogP contribution in [0.4, 0.5) is 0 Å². The Morgan fingerprint density at radius 1 is 1.25 bits per heavy atom. The van der Waals surface area contributed by atoms with Crippen molar-refractivity contribution in [1.82, 2.24) is 0 Å². The SMILES string of the molecule is CC1(C)[C@@H]2CC3OB([C@@H](N)Cc4ccc(O)c(O)c4)O[C@@]3(C)[C@H]1C2. The predicted octanol–water partition coefficient (Wildman–Crippen LogP) is 2.24. The van der Waals surface area contributed by atoms with Gasteiger partial charge in [-0.1, -0.05) is 19.9 Å². The molecule has 4 aliphatic rings. The van der Waals surface area contributed by atoms with Gasteiger partial charge in [0.2, 0.25) is 0 Å². The van der Waals surface area contributed by atoms with Crippen molar-refractivity contribution in [3.8, 4) is 11.5 Å². The standard InChI is InChI=1S/C18H26BNO4/c1-17(2)11-8-14(17)18(3)15(9-11)23-19(24-18)16(20)7-10-4-5-12(21)13(22)6-10/h4-6,11,14-16,21-22H,7-9,20H2,1-3H3/t11-,14-,15?,16-,18-/m0/s1. The Hall–Kier alpha value is -1.24. The summed E-state index contributed by atoms with van der Waals surface area (Å²) in [7, 11) is -0.425. The van der Waals surface area contributed by atoms with Crippen LogP contribution in [0.25, 0.3) is 0 Å². The van der Waals surface area contributed by atoms with Crippen LogP contribution in [0.3, 0.4) is 0 Å². The molecule has 0 amide bonds. The highest BCUT2D eigenvalue weighted by Crippen LogP contribution is 2.65. The molecule has 4 N–H and O–H groups in total. The molecule has 3 aliphatic carbocycles. The van der Waals surface area contributed by atoms with Gasteiger partial charge in [-0.05, 0) is 61.1 Å². The van der Waals surface area contributed by atoms with E-state index in [0.717, 1.165) is 12.0 Å². The second kappa shape index (κ2) is 5.13. The van der Waals surface area contributed by atoms with E-state index in [2.05, 4.69) is 20.8 Å². The van der Waals surface area contributed by atoms with Crippen molar-refractivity contribution in [3.63, 3.8) is 0 Å². The lowest BCUT2D eigenvalue weighted by atomic mass is 9.43. The average molecular weight is 331 g/mol. The molecule has 0 radical (unpaired) electrons. The number of nitrogens with two attached hydrogens (primary N) is 1. The zero-order valence-electron chi connectivity index (χ0n) is 14.5. The molecule has 130 valence electrons. The fourth-order valence-electron chi connectivity index (χ4n) is 5.15. The molecule has 1 aliphatic heterocycles. The fraction of sp³-hybridized carbons (Fsp3) is 0.667. The van der Waals surface area contributed by atoms with Crippen LogP contribution < -0.4 is 5.73 Å². The van der Waals surface area contributed by atoms with Crippen LogP contribution in [0, 0.1) is 17.3 Å². The summed E-state index contributed by atoms with van der Waals surface area (Å²) >= 11 is 0. The van der Waals surface area contributed by atoms with Crippen LogP contribution in [0.5, 0.6) is 11.5 Å². The monoisotopic (exact) mass is 331 g/mol. The molecule has 5 nitrogen and oxygen atoms in total. The summed E-state index contributed by atoms with van der Waals surface area (Å²) in [6.07, 6.45) is 2.91. The van der Waals surface area contributed by atoms with Crippen molar-refractivity contribution in [2.75, 3.05) is 0 Å². The Balaban J connectivity index is 1.47. The van der Waals surface area contributed by atoms with Crippen molar-refractivity contribution < 1.29 is 19.5 Å². The maximum Gasteiger partial charge on any atom is 0.475 e. The summed E-state index contributed by atoms with van der Waals surface area (Å²) in [5.41, 5.74) is 7.26. The van der Waals surface area contributed by atoms with E-state index in [4.69, 9.17) is 15.0 Å². The molecule has 5 atom stereocenters. The van der Waals surface area contributed by atoms with Crippen LogP contribution in [0.2, 0.25) is 0 Å². The van der Waals surface area contributed by atoms with Gasteiger partial charge in [0.1, 0.15) is 0 Å². The van der Waals surface area contributed by atoms with Crippen LogP contribution in [-0.4, -0.2) is 35.0 Å². The first kappa shape index (κ1) is 16.2. The van der Waals surface area contributed by atoms with Crippen molar-refractivity contribution in [2.45, 2.75) is 57.7 Å². The molecule has 1 saturated heterocycles. The van der Waals surface area contributed by atoms with Crippen LogP contribution >= 0.6 is 0 Å². The van der Waals surface area contributed by atoms with Crippen molar-refractivity contribution in [2.24, 2.45) is 23.0 Å².